The number of nitrogens with zero attached hydrogens (tertiary/aromatic N) is 1. The highest BCUT2D eigenvalue weighted by Crippen LogP contribution is 2.10. The minimum atomic E-state index is 0.354. The van der Waals surface area contributed by atoms with Crippen LogP contribution >= 0.6 is 0 Å². The van der Waals surface area contributed by atoms with Gasteiger partial charge < -0.3 is 4.90 Å². The summed E-state index contributed by atoms with van der Waals surface area (Å²) in [4.78, 5) is 13.3. The van der Waals surface area contributed by atoms with E-state index >= 15 is 0 Å². The summed E-state index contributed by atoms with van der Waals surface area (Å²) in [5.41, 5.74) is 0. The highest BCUT2D eigenvalue weighted by molar-refractivity contribution is 5.76. The van der Waals surface area contributed by atoms with Gasteiger partial charge in [0.2, 0.25) is 5.91 Å². The van der Waals surface area contributed by atoms with Crippen LogP contribution in [0.3, 0.4) is 0 Å². The van der Waals surface area contributed by atoms with Gasteiger partial charge in [-0.05, 0) is 19.8 Å². The zero-order chi connectivity index (χ0) is 8.10. The summed E-state index contributed by atoms with van der Waals surface area (Å²) < 4.78 is 0. The Morgan fingerprint density at radius 3 is 2.73 bits per heavy atom. The lowest BCUT2D eigenvalue weighted by Crippen LogP contribution is -2.32. The van der Waals surface area contributed by atoms with Crippen LogP contribution in [0.25, 0.3) is 0 Å². The minimum absolute atomic E-state index is 0.354. The highest BCUT2D eigenvalue weighted by Gasteiger charge is 2.12. The highest BCUT2D eigenvalue weighted by atomic mass is 16.2. The Kier molecular flexibility index (Phi) is 3.40. The molecule has 0 N–H and O–H groups in total. The van der Waals surface area contributed by atoms with Gasteiger partial charge in [0.15, 0.2) is 0 Å². The molecule has 0 aromatic carbocycles. The van der Waals surface area contributed by atoms with Crippen LogP contribution in [-0.4, -0.2) is 23.9 Å². The van der Waals surface area contributed by atoms with Crippen molar-refractivity contribution < 1.29 is 4.79 Å². The van der Waals surface area contributed by atoms with E-state index in [9.17, 15) is 4.79 Å². The van der Waals surface area contributed by atoms with Crippen molar-refractivity contribution in [1.82, 2.24) is 4.90 Å². The van der Waals surface area contributed by atoms with Crippen molar-refractivity contribution in [3.63, 3.8) is 0 Å². The summed E-state index contributed by atoms with van der Waals surface area (Å²) >= 11 is 0. The van der Waals surface area contributed by atoms with Crippen molar-refractivity contribution in [2.45, 2.75) is 39.0 Å². The molecule has 0 spiro atoms. The Hall–Kier alpha value is -0.530. The molecule has 0 radical (unpaired) electrons. The van der Waals surface area contributed by atoms with Gasteiger partial charge in [-0.1, -0.05) is 12.8 Å². The molecule has 0 saturated carbocycles. The van der Waals surface area contributed by atoms with Gasteiger partial charge in [0.05, 0.1) is 0 Å². The zero-order valence-corrected chi connectivity index (χ0v) is 7.31. The van der Waals surface area contributed by atoms with E-state index in [4.69, 9.17) is 0 Å². The first kappa shape index (κ1) is 8.57. The summed E-state index contributed by atoms with van der Waals surface area (Å²) in [5, 5.41) is 0. The molecule has 64 valence electrons. The quantitative estimate of drug-likeness (QED) is 0.565. The third-order valence-electron chi connectivity index (χ3n) is 2.30. The number of hydrogen-bond donors (Lipinski definition) is 0. The lowest BCUT2D eigenvalue weighted by molar-refractivity contribution is -0.131. The maximum absolute atomic E-state index is 11.3. The molecule has 0 aromatic rings. The molecule has 11 heavy (non-hydrogen) atoms. The maximum Gasteiger partial charge on any atom is 0.222 e. The average molecular weight is 155 g/mol. The number of likely N-dealkylation sites (tertiary alicyclic amines) is 1. The van der Waals surface area contributed by atoms with Gasteiger partial charge in [0, 0.05) is 19.5 Å². The summed E-state index contributed by atoms with van der Waals surface area (Å²) in [6.45, 7) is 3.92. The third kappa shape index (κ3) is 2.52. The van der Waals surface area contributed by atoms with Gasteiger partial charge in [-0.25, -0.2) is 0 Å². The first-order chi connectivity index (χ1) is 5.34. The molecule has 0 atom stereocenters. The Morgan fingerprint density at radius 2 is 2.00 bits per heavy atom. The molecule has 1 aliphatic heterocycles. The predicted octanol–water partition coefficient (Wildman–Crippen LogP) is 1.80. The lowest BCUT2D eigenvalue weighted by atomic mass is 10.1. The molecular formula is C9H17NO. The van der Waals surface area contributed by atoms with Gasteiger partial charge >= 0.3 is 0 Å². The topological polar surface area (TPSA) is 20.3 Å². The van der Waals surface area contributed by atoms with Crippen molar-refractivity contribution in [3.8, 4) is 0 Å². The van der Waals surface area contributed by atoms with Gasteiger partial charge in [-0.15, -0.1) is 0 Å². The zero-order valence-electron chi connectivity index (χ0n) is 7.31. The number of hydrogen-bond acceptors (Lipinski definition) is 1. The summed E-state index contributed by atoms with van der Waals surface area (Å²) in [7, 11) is 0. The monoisotopic (exact) mass is 155 g/mol. The molecule has 0 unspecified atom stereocenters. The molecule has 0 aromatic heterocycles. The van der Waals surface area contributed by atoms with Gasteiger partial charge in [0.1, 0.15) is 0 Å². The predicted molar refractivity (Wildman–Crippen MR) is 45.3 cm³/mol. The lowest BCUT2D eigenvalue weighted by Gasteiger charge is -2.22. The van der Waals surface area contributed by atoms with E-state index in [0.29, 0.717) is 5.91 Å². The van der Waals surface area contributed by atoms with E-state index in [-0.39, 0.29) is 0 Å². The molecule has 1 rings (SSSR count). The number of rotatable bonds is 1. The molecular weight excluding hydrogens is 138 g/mol. The molecule has 2 nitrogen and oxygen atoms in total. The number of carbonyl (C=O) groups excluding carboxylic acids is 1. The fourth-order valence-corrected chi connectivity index (χ4v) is 1.55. The largest absolute Gasteiger partial charge is 0.343 e. The van der Waals surface area contributed by atoms with E-state index in [2.05, 4.69) is 6.92 Å². The second kappa shape index (κ2) is 4.37. The van der Waals surface area contributed by atoms with Crippen molar-refractivity contribution in [3.05, 3.63) is 0 Å². The van der Waals surface area contributed by atoms with E-state index < -0.39 is 0 Å². The molecule has 1 amide bonds. The van der Waals surface area contributed by atoms with E-state index in [1.165, 1.54) is 19.3 Å². The van der Waals surface area contributed by atoms with Gasteiger partial charge in [-0.3, -0.25) is 4.79 Å². The fourth-order valence-electron chi connectivity index (χ4n) is 1.55. The molecule has 0 aliphatic carbocycles. The van der Waals surface area contributed by atoms with Crippen LogP contribution in [0.15, 0.2) is 0 Å². The molecule has 1 saturated heterocycles. The second-order valence-electron chi connectivity index (χ2n) is 3.14. The Morgan fingerprint density at radius 1 is 1.27 bits per heavy atom. The van der Waals surface area contributed by atoms with Crippen molar-refractivity contribution >= 4 is 5.91 Å². The summed E-state index contributed by atoms with van der Waals surface area (Å²) in [6.07, 6.45) is 5.59. The fraction of sp³-hybridized carbons (Fsp3) is 0.889. The average Bonchev–Trinajstić information content (AvgIpc) is 1.98. The van der Waals surface area contributed by atoms with E-state index in [0.717, 1.165) is 25.9 Å². The van der Waals surface area contributed by atoms with Crippen LogP contribution in [-0.2, 0) is 4.79 Å². The van der Waals surface area contributed by atoms with Crippen LogP contribution in [0, 0.1) is 0 Å². The van der Waals surface area contributed by atoms with E-state index in [1.807, 2.05) is 4.90 Å². The molecule has 1 heterocycles. The van der Waals surface area contributed by atoms with Crippen LogP contribution in [0.2, 0.25) is 0 Å². The van der Waals surface area contributed by atoms with Crippen molar-refractivity contribution in [2.75, 3.05) is 13.1 Å². The van der Waals surface area contributed by atoms with Crippen LogP contribution in [0.4, 0.5) is 0 Å². The molecule has 2 heteroatoms. The minimum Gasteiger partial charge on any atom is -0.343 e. The Balaban J connectivity index is 2.39. The van der Waals surface area contributed by atoms with Crippen LogP contribution < -0.4 is 0 Å². The maximum atomic E-state index is 11.3. The molecule has 1 aliphatic rings. The molecule has 0 bridgehead atoms. The smallest absolute Gasteiger partial charge is 0.222 e. The van der Waals surface area contributed by atoms with Crippen molar-refractivity contribution in [2.24, 2.45) is 0 Å². The summed E-state index contributed by atoms with van der Waals surface area (Å²) in [6, 6.07) is 0. The number of amides is 1. The molecule has 1 fully saturated rings. The van der Waals surface area contributed by atoms with Crippen LogP contribution in [0.5, 0.6) is 0 Å². The first-order valence-corrected chi connectivity index (χ1v) is 4.62. The van der Waals surface area contributed by atoms with E-state index in [1.54, 1.807) is 0 Å². The number of carbonyl (C=O) groups is 1. The van der Waals surface area contributed by atoms with Crippen LogP contribution in [0.1, 0.15) is 39.0 Å². The second-order valence-corrected chi connectivity index (χ2v) is 3.14. The standard InChI is InChI=1S/C9H17NO/c1-2-10-8-6-4-3-5-7-9(10)11/h2-8H2,1H3. The Labute approximate surface area is 68.6 Å². The first-order valence-electron chi connectivity index (χ1n) is 4.62. The SMILES string of the molecule is CCN1CCCCCCC1=O. The van der Waals surface area contributed by atoms with Crippen molar-refractivity contribution in [1.29, 1.82) is 0 Å². The summed E-state index contributed by atoms with van der Waals surface area (Å²) in [5.74, 6) is 0.354. The third-order valence-corrected chi connectivity index (χ3v) is 2.30. The Bertz CT molecular complexity index is 134. The van der Waals surface area contributed by atoms with Gasteiger partial charge in [-0.2, -0.15) is 0 Å². The normalized spacial score (nSPS) is 21.2. The van der Waals surface area contributed by atoms with Gasteiger partial charge in [0.25, 0.3) is 0 Å².